The number of carbonyl (C=O) groups is 1. The summed E-state index contributed by atoms with van der Waals surface area (Å²) in [6.07, 6.45) is 0. The second kappa shape index (κ2) is 8.66. The van der Waals surface area contributed by atoms with E-state index in [9.17, 15) is 18.4 Å². The summed E-state index contributed by atoms with van der Waals surface area (Å²) in [5, 5.41) is 0.386. The van der Waals surface area contributed by atoms with Gasteiger partial charge < -0.3 is 14.5 Å². The largest absolute Gasteiger partial charge is 0.465 e. The van der Waals surface area contributed by atoms with Gasteiger partial charge in [0.2, 0.25) is 0 Å². The smallest absolute Gasteiger partial charge is 0.387 e. The molecule has 1 aromatic carbocycles. The van der Waals surface area contributed by atoms with E-state index in [0.717, 1.165) is 16.9 Å². The summed E-state index contributed by atoms with van der Waals surface area (Å²) in [7, 11) is 3.13. The number of carbonyl (C=O) groups excluding carboxylic acids is 1. The molecule has 0 atom stereocenters. The van der Waals surface area contributed by atoms with Gasteiger partial charge in [0, 0.05) is 6.54 Å². The molecule has 0 radical (unpaired) electrons. The maximum absolute atomic E-state index is 12.5. The number of hydrogen-bond acceptors (Lipinski definition) is 7. The quantitative estimate of drug-likeness (QED) is 0.587. The Bertz CT molecular complexity index is 1080. The number of fused-ring (bicyclic) bond motifs is 1. The molecule has 7 nitrogen and oxygen atoms in total. The lowest BCUT2D eigenvalue weighted by Crippen LogP contribution is -2.21. The second-order valence-corrected chi connectivity index (χ2v) is 7.43. The first-order valence-corrected chi connectivity index (χ1v) is 9.43. The van der Waals surface area contributed by atoms with Gasteiger partial charge in [0.25, 0.3) is 5.56 Å². The lowest BCUT2D eigenvalue weighted by atomic mass is 10.2. The molecule has 0 aliphatic rings. The molecule has 0 aliphatic heterocycles. The predicted octanol–water partition coefficient (Wildman–Crippen LogP) is 3.31. The summed E-state index contributed by atoms with van der Waals surface area (Å²) < 4.78 is 33.5. The van der Waals surface area contributed by atoms with E-state index < -0.39 is 12.6 Å². The predicted molar refractivity (Wildman–Crippen MR) is 105 cm³/mol. The number of aromatic nitrogens is 2. The van der Waals surface area contributed by atoms with Gasteiger partial charge in [-0.25, -0.2) is 9.78 Å². The number of alkyl halides is 2. The molecule has 0 spiro atoms. The molecule has 154 valence electrons. The first-order chi connectivity index (χ1) is 13.8. The standard InChI is InChI=1S/C19H19F2N3O4S/c1-10-14-16(25)22-13(23-17(14)29-15(10)18(26)27-3)9-24(2)8-11-4-6-12(7-5-11)28-19(20)21/h4-7,19H,8-9H2,1-3H3,(H,22,23,25). The molecule has 0 saturated carbocycles. The lowest BCUT2D eigenvalue weighted by molar-refractivity contribution is -0.0498. The van der Waals surface area contributed by atoms with Gasteiger partial charge in [-0.3, -0.25) is 9.69 Å². The normalized spacial score (nSPS) is 11.4. The third kappa shape index (κ3) is 4.77. The van der Waals surface area contributed by atoms with Crippen LogP contribution in [-0.2, 0) is 17.8 Å². The molecule has 0 saturated heterocycles. The third-order valence-corrected chi connectivity index (χ3v) is 5.41. The maximum Gasteiger partial charge on any atom is 0.387 e. The van der Waals surface area contributed by atoms with Crippen LogP contribution in [0.3, 0.4) is 0 Å². The summed E-state index contributed by atoms with van der Waals surface area (Å²) in [6, 6.07) is 6.34. The minimum atomic E-state index is -2.86. The summed E-state index contributed by atoms with van der Waals surface area (Å²) in [5.74, 6) is 0.0560. The van der Waals surface area contributed by atoms with Gasteiger partial charge in [-0.05, 0) is 37.2 Å². The van der Waals surface area contributed by atoms with Gasteiger partial charge in [0.15, 0.2) is 0 Å². The van der Waals surface area contributed by atoms with Crippen molar-refractivity contribution in [2.75, 3.05) is 14.2 Å². The highest BCUT2D eigenvalue weighted by Gasteiger charge is 2.20. The molecule has 3 aromatic rings. The molecule has 0 fully saturated rings. The number of rotatable bonds is 7. The van der Waals surface area contributed by atoms with E-state index in [-0.39, 0.29) is 11.3 Å². The number of H-pyrrole nitrogens is 1. The average molecular weight is 423 g/mol. The van der Waals surface area contributed by atoms with E-state index in [1.54, 1.807) is 19.1 Å². The van der Waals surface area contributed by atoms with Crippen LogP contribution >= 0.6 is 11.3 Å². The van der Waals surface area contributed by atoms with Crippen LogP contribution in [0, 0.1) is 6.92 Å². The zero-order valence-electron chi connectivity index (χ0n) is 16.0. The Kier molecular flexibility index (Phi) is 6.23. The van der Waals surface area contributed by atoms with Crippen LogP contribution in [0.2, 0.25) is 0 Å². The number of nitrogens with one attached hydrogen (secondary N) is 1. The number of ether oxygens (including phenoxy) is 2. The Hall–Kier alpha value is -2.85. The molecule has 29 heavy (non-hydrogen) atoms. The van der Waals surface area contributed by atoms with E-state index in [2.05, 4.69) is 14.7 Å². The highest BCUT2D eigenvalue weighted by Crippen LogP contribution is 2.27. The number of nitrogens with zero attached hydrogens (tertiary/aromatic N) is 2. The summed E-state index contributed by atoms with van der Waals surface area (Å²) in [6.45, 7) is -0.310. The van der Waals surface area contributed by atoms with Crippen molar-refractivity contribution < 1.29 is 23.0 Å². The van der Waals surface area contributed by atoms with E-state index in [1.165, 1.54) is 19.2 Å². The van der Waals surface area contributed by atoms with Gasteiger partial charge in [-0.1, -0.05) is 12.1 Å². The molecule has 3 rings (SSSR count). The van der Waals surface area contributed by atoms with Crippen molar-refractivity contribution in [3.05, 3.63) is 56.4 Å². The van der Waals surface area contributed by atoms with Crippen LogP contribution in [0.5, 0.6) is 5.75 Å². The van der Waals surface area contributed by atoms with Crippen molar-refractivity contribution in [2.45, 2.75) is 26.6 Å². The fraction of sp³-hybridized carbons (Fsp3) is 0.316. The van der Waals surface area contributed by atoms with Crippen LogP contribution in [-0.4, -0.2) is 41.6 Å². The van der Waals surface area contributed by atoms with Gasteiger partial charge in [0.05, 0.1) is 19.0 Å². The topological polar surface area (TPSA) is 84.5 Å². The molecule has 0 amide bonds. The third-order valence-electron chi connectivity index (χ3n) is 4.24. The maximum atomic E-state index is 12.5. The van der Waals surface area contributed by atoms with Crippen LogP contribution in [0.25, 0.3) is 10.2 Å². The van der Waals surface area contributed by atoms with Crippen LogP contribution in [0.15, 0.2) is 29.1 Å². The van der Waals surface area contributed by atoms with Gasteiger partial charge in [-0.15, -0.1) is 11.3 Å². The van der Waals surface area contributed by atoms with E-state index >= 15 is 0 Å². The number of esters is 1. The monoisotopic (exact) mass is 423 g/mol. The Morgan fingerprint density at radius 3 is 2.59 bits per heavy atom. The first kappa shape index (κ1) is 20.9. The molecule has 1 N–H and O–H groups in total. The molecule has 2 heterocycles. The number of hydrogen-bond donors (Lipinski definition) is 1. The SMILES string of the molecule is COC(=O)c1sc2nc(CN(C)Cc3ccc(OC(F)F)cc3)[nH]c(=O)c2c1C. The van der Waals surface area contributed by atoms with Crippen molar-refractivity contribution in [3.63, 3.8) is 0 Å². The molecule has 0 unspecified atom stereocenters. The highest BCUT2D eigenvalue weighted by atomic mass is 32.1. The Labute approximate surface area is 168 Å². The minimum Gasteiger partial charge on any atom is -0.465 e. The van der Waals surface area contributed by atoms with E-state index in [0.29, 0.717) is 39.6 Å². The van der Waals surface area contributed by atoms with E-state index in [4.69, 9.17) is 4.74 Å². The van der Waals surface area contributed by atoms with Gasteiger partial charge in [0.1, 0.15) is 21.3 Å². The Morgan fingerprint density at radius 2 is 1.97 bits per heavy atom. The minimum absolute atomic E-state index is 0.0947. The number of aromatic amines is 1. The molecule has 0 bridgehead atoms. The van der Waals surface area contributed by atoms with Crippen LogP contribution in [0.4, 0.5) is 8.78 Å². The number of thiophene rings is 1. The number of methoxy groups -OCH3 is 1. The average Bonchev–Trinajstić information content (AvgIpc) is 2.99. The summed E-state index contributed by atoms with van der Waals surface area (Å²) in [4.78, 5) is 34.3. The Morgan fingerprint density at radius 1 is 1.28 bits per heavy atom. The van der Waals surface area contributed by atoms with Crippen molar-refractivity contribution in [1.29, 1.82) is 0 Å². The van der Waals surface area contributed by atoms with Crippen LogP contribution in [0.1, 0.15) is 26.6 Å². The van der Waals surface area contributed by atoms with Crippen molar-refractivity contribution in [1.82, 2.24) is 14.9 Å². The zero-order chi connectivity index (χ0) is 21.1. The highest BCUT2D eigenvalue weighted by molar-refractivity contribution is 7.20. The molecule has 2 aromatic heterocycles. The lowest BCUT2D eigenvalue weighted by Gasteiger charge is -2.16. The number of benzene rings is 1. The molecule has 0 aliphatic carbocycles. The van der Waals surface area contributed by atoms with Crippen LogP contribution < -0.4 is 10.3 Å². The van der Waals surface area contributed by atoms with Crippen molar-refractivity contribution in [2.24, 2.45) is 0 Å². The van der Waals surface area contributed by atoms with Gasteiger partial charge >= 0.3 is 12.6 Å². The first-order valence-electron chi connectivity index (χ1n) is 8.61. The number of aryl methyl sites for hydroxylation is 1. The Balaban J connectivity index is 1.75. The van der Waals surface area contributed by atoms with Crippen molar-refractivity contribution in [3.8, 4) is 5.75 Å². The fourth-order valence-electron chi connectivity index (χ4n) is 2.95. The molecular formula is C19H19F2N3O4S. The fourth-order valence-corrected chi connectivity index (χ4v) is 4.07. The number of halogens is 2. The van der Waals surface area contributed by atoms with E-state index in [1.807, 2.05) is 11.9 Å². The molecular weight excluding hydrogens is 404 g/mol. The summed E-state index contributed by atoms with van der Waals surface area (Å²) >= 11 is 1.12. The van der Waals surface area contributed by atoms with Crippen molar-refractivity contribution >= 4 is 27.5 Å². The second-order valence-electron chi connectivity index (χ2n) is 6.44. The summed E-state index contributed by atoms with van der Waals surface area (Å²) in [5.41, 5.74) is 1.13. The molecule has 10 heteroatoms. The zero-order valence-corrected chi connectivity index (χ0v) is 16.8. The van der Waals surface area contributed by atoms with Gasteiger partial charge in [-0.2, -0.15) is 8.78 Å².